The normalized spacial score (nSPS) is 10.2. The van der Waals surface area contributed by atoms with E-state index in [2.05, 4.69) is 32.7 Å². The van der Waals surface area contributed by atoms with Crippen molar-refractivity contribution in [1.82, 2.24) is 0 Å². The molecule has 0 saturated heterocycles. The van der Waals surface area contributed by atoms with Gasteiger partial charge in [0.15, 0.2) is 0 Å². The summed E-state index contributed by atoms with van der Waals surface area (Å²) in [5.74, 6) is 0. The standard InChI is InChI=1S/C9H17Si.C4H10N.2ClH.Ti/c1-8(2)6-9(3)7-10(4)5;1-4(2,3)5;;;/h6H,1,7H2,2-5H3;5H,1-3H3;2*1H;/q;-1;;;+3/p-2. The number of rotatable bonds is 3. The minimum atomic E-state index is -0.250. The van der Waals surface area contributed by atoms with Gasteiger partial charge in [-0.15, -0.1) is 5.54 Å². The molecular weight excluding hydrogens is 317 g/mol. The van der Waals surface area contributed by atoms with Crippen LogP contribution in [0.4, 0.5) is 0 Å². The van der Waals surface area contributed by atoms with Crippen molar-refractivity contribution in [3.05, 3.63) is 29.5 Å². The molecule has 0 heterocycles. The summed E-state index contributed by atoms with van der Waals surface area (Å²) in [5, 5.41) is 0. The molecule has 18 heavy (non-hydrogen) atoms. The van der Waals surface area contributed by atoms with Crippen molar-refractivity contribution in [3.8, 4) is 0 Å². The summed E-state index contributed by atoms with van der Waals surface area (Å²) in [6.45, 7) is 18.3. The first-order valence-electron chi connectivity index (χ1n) is 5.39. The van der Waals surface area contributed by atoms with E-state index < -0.39 is 0 Å². The Morgan fingerprint density at radius 3 is 1.61 bits per heavy atom. The summed E-state index contributed by atoms with van der Waals surface area (Å²) >= 11 is 0. The molecule has 0 bridgehead atoms. The molecule has 0 aromatic rings. The summed E-state index contributed by atoms with van der Waals surface area (Å²) in [6.07, 6.45) is 2.18. The van der Waals surface area contributed by atoms with E-state index in [1.54, 1.807) is 0 Å². The number of halogens is 2. The molecule has 0 aromatic carbocycles. The molecule has 0 saturated carbocycles. The fourth-order valence-corrected chi connectivity index (χ4v) is 2.25. The number of nitrogens with one attached hydrogen (secondary N) is 1. The SMILES string of the molecule is C=C(C)C=C(C)C[Si](C)C.CC(C)(C)[NH-].[Cl-].[Cl-].[Ti+3]. The van der Waals surface area contributed by atoms with Gasteiger partial charge in [-0.1, -0.05) is 57.7 Å². The van der Waals surface area contributed by atoms with Crippen LogP contribution in [0.1, 0.15) is 34.6 Å². The molecule has 0 aliphatic rings. The molecule has 0 spiro atoms. The number of hydrogen-bond acceptors (Lipinski definition) is 0. The topological polar surface area (TPSA) is 23.8 Å². The molecule has 5 heteroatoms. The molecule has 2 radical (unpaired) electrons. The fraction of sp³-hybridized carbons (Fsp3) is 0.692. The molecular formula is C13H27Cl2NSiTi. The number of allylic oxidation sites excluding steroid dienone is 3. The monoisotopic (exact) mass is 343 g/mol. The Labute approximate surface area is 143 Å². The molecule has 106 valence electrons. The first kappa shape index (κ1) is 31.4. The molecule has 1 nitrogen and oxygen atoms in total. The minimum Gasteiger partial charge on any atom is -1.00 e. The maximum atomic E-state index is 6.94. The Balaban J connectivity index is -0.0000000621. The summed E-state index contributed by atoms with van der Waals surface area (Å²) in [5.41, 5.74) is 9.33. The van der Waals surface area contributed by atoms with Crippen molar-refractivity contribution in [2.45, 2.75) is 59.3 Å². The van der Waals surface area contributed by atoms with E-state index in [1.807, 2.05) is 27.7 Å². The fourth-order valence-electron chi connectivity index (χ4n) is 1.03. The van der Waals surface area contributed by atoms with Crippen molar-refractivity contribution in [1.29, 1.82) is 0 Å². The van der Waals surface area contributed by atoms with Crippen LogP contribution in [-0.4, -0.2) is 14.3 Å². The van der Waals surface area contributed by atoms with E-state index in [1.165, 1.54) is 17.2 Å². The minimum absolute atomic E-state index is 0. The van der Waals surface area contributed by atoms with Crippen LogP contribution in [0.5, 0.6) is 0 Å². The summed E-state index contributed by atoms with van der Waals surface area (Å²) in [4.78, 5) is 0. The molecule has 0 rings (SSSR count). The van der Waals surface area contributed by atoms with Crippen molar-refractivity contribution in [2.24, 2.45) is 0 Å². The first-order valence-corrected chi connectivity index (χ1v) is 8.10. The van der Waals surface area contributed by atoms with Crippen LogP contribution in [0, 0.1) is 0 Å². The number of hydrogen-bond donors (Lipinski definition) is 0. The average Bonchev–Trinajstić information content (AvgIpc) is 1.76. The van der Waals surface area contributed by atoms with Crippen LogP contribution in [-0.2, 0) is 21.7 Å². The molecule has 1 N–H and O–H groups in total. The van der Waals surface area contributed by atoms with Crippen LogP contribution in [0.15, 0.2) is 23.8 Å². The zero-order valence-corrected chi connectivity index (χ0v) is 16.8. The van der Waals surface area contributed by atoms with Gasteiger partial charge in [-0.3, -0.25) is 0 Å². The molecule has 0 unspecified atom stereocenters. The molecule has 0 aromatic heterocycles. The molecule has 0 fully saturated rings. The maximum absolute atomic E-state index is 6.94. The maximum Gasteiger partial charge on any atom is 3.00 e. The van der Waals surface area contributed by atoms with Gasteiger partial charge in [0.2, 0.25) is 0 Å². The Bertz CT molecular complexity index is 218. The third-order valence-corrected chi connectivity index (χ3v) is 2.39. The van der Waals surface area contributed by atoms with E-state index in [-0.39, 0.29) is 60.9 Å². The Kier molecular flexibility index (Phi) is 27.9. The molecule has 0 aliphatic carbocycles. The second-order valence-electron chi connectivity index (χ2n) is 5.47. The van der Waals surface area contributed by atoms with Crippen LogP contribution in [0.3, 0.4) is 0 Å². The van der Waals surface area contributed by atoms with Crippen molar-refractivity contribution < 1.29 is 46.5 Å². The van der Waals surface area contributed by atoms with E-state index in [4.69, 9.17) is 5.73 Å². The summed E-state index contributed by atoms with van der Waals surface area (Å²) in [7, 11) is -0.0883. The largest absolute Gasteiger partial charge is 3.00 e. The van der Waals surface area contributed by atoms with Gasteiger partial charge in [-0.2, -0.15) is 0 Å². The second-order valence-corrected chi connectivity index (χ2v) is 8.24. The van der Waals surface area contributed by atoms with Crippen LogP contribution in [0.2, 0.25) is 19.1 Å². The van der Waals surface area contributed by atoms with E-state index >= 15 is 0 Å². The molecule has 0 amide bonds. The van der Waals surface area contributed by atoms with Gasteiger partial charge in [-0.25, -0.2) is 0 Å². The third kappa shape index (κ3) is 53.8. The van der Waals surface area contributed by atoms with Gasteiger partial charge in [0.05, 0.1) is 0 Å². The quantitative estimate of drug-likeness (QED) is 0.469. The Morgan fingerprint density at radius 1 is 1.17 bits per heavy atom. The van der Waals surface area contributed by atoms with Crippen LogP contribution < -0.4 is 24.8 Å². The zero-order valence-electron chi connectivity index (χ0n) is 12.7. The van der Waals surface area contributed by atoms with Crippen molar-refractivity contribution >= 4 is 8.80 Å². The molecule has 0 atom stereocenters. The Hall–Kier alpha value is 0.951. The van der Waals surface area contributed by atoms with E-state index in [9.17, 15) is 0 Å². The van der Waals surface area contributed by atoms with Gasteiger partial charge >= 0.3 is 21.7 Å². The van der Waals surface area contributed by atoms with Crippen LogP contribution in [0.25, 0.3) is 5.73 Å². The third-order valence-electron chi connectivity index (χ3n) is 1.13. The summed E-state index contributed by atoms with van der Waals surface area (Å²) < 4.78 is 0. The van der Waals surface area contributed by atoms with Crippen molar-refractivity contribution in [2.75, 3.05) is 0 Å². The predicted molar refractivity (Wildman–Crippen MR) is 74.9 cm³/mol. The Morgan fingerprint density at radius 2 is 1.44 bits per heavy atom. The van der Waals surface area contributed by atoms with Crippen LogP contribution >= 0.6 is 0 Å². The first-order chi connectivity index (χ1) is 6.52. The summed E-state index contributed by atoms with van der Waals surface area (Å²) in [6, 6.07) is 1.29. The van der Waals surface area contributed by atoms with Gasteiger partial charge in [0.1, 0.15) is 0 Å². The van der Waals surface area contributed by atoms with Crippen molar-refractivity contribution in [3.63, 3.8) is 0 Å². The smallest absolute Gasteiger partial charge is 1.00 e. The second kappa shape index (κ2) is 16.0. The molecule has 0 aliphatic heterocycles. The van der Waals surface area contributed by atoms with E-state index in [0.29, 0.717) is 0 Å². The van der Waals surface area contributed by atoms with Gasteiger partial charge in [0.25, 0.3) is 0 Å². The predicted octanol–water partition coefficient (Wildman–Crippen LogP) is -0.894. The van der Waals surface area contributed by atoms with Gasteiger partial charge < -0.3 is 30.5 Å². The van der Waals surface area contributed by atoms with Gasteiger partial charge in [0, 0.05) is 8.80 Å². The zero-order chi connectivity index (χ0) is 12.6. The average molecular weight is 344 g/mol. The van der Waals surface area contributed by atoms with Gasteiger partial charge in [-0.05, 0) is 19.9 Å². The van der Waals surface area contributed by atoms with E-state index in [0.717, 1.165) is 0 Å².